The first-order valence-corrected chi connectivity index (χ1v) is 8.16. The molecule has 21 heavy (non-hydrogen) atoms. The van der Waals surface area contributed by atoms with Crippen molar-refractivity contribution < 1.29 is 8.42 Å². The molecule has 7 heteroatoms. The van der Waals surface area contributed by atoms with Gasteiger partial charge in [0.1, 0.15) is 4.99 Å². The number of benzene rings is 1. The van der Waals surface area contributed by atoms with E-state index in [0.717, 1.165) is 5.56 Å². The van der Waals surface area contributed by atoms with E-state index in [1.54, 1.807) is 24.5 Å². The molecule has 1 aromatic heterocycles. The molecule has 0 spiro atoms. The van der Waals surface area contributed by atoms with E-state index < -0.39 is 10.0 Å². The Morgan fingerprint density at radius 2 is 1.76 bits per heavy atom. The topological polar surface area (TPSA) is 85.1 Å². The lowest BCUT2D eigenvalue weighted by molar-refractivity contribution is 0.581. The van der Waals surface area contributed by atoms with Gasteiger partial charge in [-0.25, -0.2) is 13.1 Å². The smallest absolute Gasteiger partial charge is 0.240 e. The Morgan fingerprint density at radius 1 is 1.14 bits per heavy atom. The number of hydrogen-bond donors (Lipinski definition) is 2. The van der Waals surface area contributed by atoms with Gasteiger partial charge in [0.15, 0.2) is 0 Å². The molecule has 0 aliphatic heterocycles. The number of nitrogens with zero attached hydrogens (tertiary/aromatic N) is 1. The summed E-state index contributed by atoms with van der Waals surface area (Å²) < 4.78 is 26.8. The van der Waals surface area contributed by atoms with Crippen molar-refractivity contribution in [2.45, 2.75) is 11.3 Å². The van der Waals surface area contributed by atoms with Crippen molar-refractivity contribution in [1.82, 2.24) is 9.71 Å². The van der Waals surface area contributed by atoms with E-state index >= 15 is 0 Å². The van der Waals surface area contributed by atoms with Crippen LogP contribution in [0.1, 0.15) is 11.1 Å². The summed E-state index contributed by atoms with van der Waals surface area (Å²) in [4.78, 5) is 4.35. The maximum absolute atomic E-state index is 12.1. The van der Waals surface area contributed by atoms with Crippen molar-refractivity contribution in [3.8, 4) is 0 Å². The molecule has 0 atom stereocenters. The Balaban J connectivity index is 2.00. The van der Waals surface area contributed by atoms with Gasteiger partial charge in [-0.3, -0.25) is 4.98 Å². The van der Waals surface area contributed by atoms with E-state index in [1.165, 1.54) is 12.1 Å². The predicted octanol–water partition coefficient (Wildman–Crippen LogP) is 1.24. The lowest BCUT2D eigenvalue weighted by Gasteiger charge is -2.07. The molecule has 0 unspecified atom stereocenters. The SMILES string of the molecule is NC(=S)c1ccc(S(=O)(=O)NCCc2ccncc2)cc1. The third-order valence-electron chi connectivity index (χ3n) is 2.90. The normalized spacial score (nSPS) is 11.2. The largest absolute Gasteiger partial charge is 0.389 e. The van der Waals surface area contributed by atoms with Gasteiger partial charge >= 0.3 is 0 Å². The maximum atomic E-state index is 12.1. The Hall–Kier alpha value is -1.83. The summed E-state index contributed by atoms with van der Waals surface area (Å²) in [6, 6.07) is 9.88. The number of pyridine rings is 1. The molecular formula is C14H15N3O2S2. The minimum Gasteiger partial charge on any atom is -0.389 e. The van der Waals surface area contributed by atoms with E-state index in [0.29, 0.717) is 18.5 Å². The average Bonchev–Trinajstić information content (AvgIpc) is 2.48. The number of nitrogens with two attached hydrogens (primary N) is 1. The zero-order valence-corrected chi connectivity index (χ0v) is 12.8. The number of sulfonamides is 1. The molecule has 2 aromatic rings. The highest BCUT2D eigenvalue weighted by Crippen LogP contribution is 2.10. The molecule has 0 radical (unpaired) electrons. The second kappa shape index (κ2) is 6.75. The monoisotopic (exact) mass is 321 g/mol. The van der Waals surface area contributed by atoms with Crippen LogP contribution < -0.4 is 10.5 Å². The van der Waals surface area contributed by atoms with Crippen LogP contribution in [0.5, 0.6) is 0 Å². The zero-order chi connectivity index (χ0) is 15.3. The van der Waals surface area contributed by atoms with Crippen LogP contribution in [0.3, 0.4) is 0 Å². The Bertz CT molecular complexity index is 714. The van der Waals surface area contributed by atoms with Gasteiger partial charge in [-0.1, -0.05) is 24.4 Å². The number of nitrogens with one attached hydrogen (secondary N) is 1. The van der Waals surface area contributed by atoms with Crippen LogP contribution >= 0.6 is 12.2 Å². The molecule has 5 nitrogen and oxygen atoms in total. The van der Waals surface area contributed by atoms with Crippen LogP contribution in [0, 0.1) is 0 Å². The van der Waals surface area contributed by atoms with Crippen LogP contribution in [0.15, 0.2) is 53.7 Å². The summed E-state index contributed by atoms with van der Waals surface area (Å²) in [5.41, 5.74) is 7.14. The van der Waals surface area contributed by atoms with Gasteiger partial charge in [0.2, 0.25) is 10.0 Å². The molecule has 0 saturated heterocycles. The summed E-state index contributed by atoms with van der Waals surface area (Å²) in [6.07, 6.45) is 3.96. The molecule has 3 N–H and O–H groups in total. The summed E-state index contributed by atoms with van der Waals surface area (Å²) in [6.45, 7) is 0.323. The van der Waals surface area contributed by atoms with Gasteiger partial charge < -0.3 is 5.73 Å². The fourth-order valence-corrected chi connectivity index (χ4v) is 2.93. The summed E-state index contributed by atoms with van der Waals surface area (Å²) in [7, 11) is -3.52. The van der Waals surface area contributed by atoms with Crippen LogP contribution in [0.4, 0.5) is 0 Å². The number of thiocarbonyl (C=S) groups is 1. The highest BCUT2D eigenvalue weighted by atomic mass is 32.2. The average molecular weight is 321 g/mol. The van der Waals surface area contributed by atoms with Crippen LogP contribution in [-0.4, -0.2) is 24.9 Å². The van der Waals surface area contributed by atoms with Crippen LogP contribution in [0.25, 0.3) is 0 Å². The van der Waals surface area contributed by atoms with Gasteiger partial charge in [0.05, 0.1) is 4.90 Å². The summed E-state index contributed by atoms with van der Waals surface area (Å²) >= 11 is 4.83. The first kappa shape index (κ1) is 15.6. The highest BCUT2D eigenvalue weighted by molar-refractivity contribution is 7.89. The molecule has 0 fully saturated rings. The van der Waals surface area contributed by atoms with Crippen molar-refractivity contribution in [3.05, 3.63) is 59.9 Å². The van der Waals surface area contributed by atoms with E-state index in [4.69, 9.17) is 18.0 Å². The number of rotatable bonds is 6. The third kappa shape index (κ3) is 4.32. The Kier molecular flexibility index (Phi) is 5.00. The Labute approximate surface area is 129 Å². The molecule has 1 aromatic carbocycles. The molecule has 0 amide bonds. The maximum Gasteiger partial charge on any atom is 0.240 e. The minimum absolute atomic E-state index is 0.192. The lowest BCUT2D eigenvalue weighted by atomic mass is 10.2. The molecule has 2 rings (SSSR count). The quantitative estimate of drug-likeness (QED) is 0.782. The van der Waals surface area contributed by atoms with Gasteiger partial charge in [-0.05, 0) is 36.2 Å². The first-order valence-electron chi connectivity index (χ1n) is 6.27. The predicted molar refractivity (Wildman–Crippen MR) is 85.5 cm³/mol. The molecule has 0 aliphatic rings. The van der Waals surface area contributed by atoms with Crippen molar-refractivity contribution in [2.24, 2.45) is 5.73 Å². The van der Waals surface area contributed by atoms with E-state index in [2.05, 4.69) is 9.71 Å². The number of aromatic nitrogens is 1. The number of hydrogen-bond acceptors (Lipinski definition) is 4. The second-order valence-corrected chi connectivity index (χ2v) is 6.60. The molecule has 110 valence electrons. The van der Waals surface area contributed by atoms with Gasteiger partial charge in [0.25, 0.3) is 0 Å². The molecular weight excluding hydrogens is 306 g/mol. The van der Waals surface area contributed by atoms with Crippen molar-refractivity contribution >= 4 is 27.2 Å². The van der Waals surface area contributed by atoms with Gasteiger partial charge in [0, 0.05) is 24.5 Å². The van der Waals surface area contributed by atoms with Gasteiger partial charge in [-0.15, -0.1) is 0 Å². The van der Waals surface area contributed by atoms with Gasteiger partial charge in [-0.2, -0.15) is 0 Å². The zero-order valence-electron chi connectivity index (χ0n) is 11.2. The van der Waals surface area contributed by atoms with Crippen molar-refractivity contribution in [1.29, 1.82) is 0 Å². The van der Waals surface area contributed by atoms with Crippen molar-refractivity contribution in [2.75, 3.05) is 6.54 Å². The van der Waals surface area contributed by atoms with Crippen molar-refractivity contribution in [3.63, 3.8) is 0 Å². The van der Waals surface area contributed by atoms with E-state index in [-0.39, 0.29) is 9.88 Å². The third-order valence-corrected chi connectivity index (χ3v) is 4.62. The Morgan fingerprint density at radius 3 is 2.33 bits per heavy atom. The fourth-order valence-electron chi connectivity index (χ4n) is 1.76. The van der Waals surface area contributed by atoms with E-state index in [1.807, 2.05) is 12.1 Å². The second-order valence-electron chi connectivity index (χ2n) is 4.39. The molecule has 0 aliphatic carbocycles. The van der Waals surface area contributed by atoms with E-state index in [9.17, 15) is 8.42 Å². The standard InChI is InChI=1S/C14H15N3O2S2/c15-14(20)12-1-3-13(4-2-12)21(18,19)17-10-7-11-5-8-16-9-6-11/h1-6,8-9,17H,7,10H2,(H2,15,20). The highest BCUT2D eigenvalue weighted by Gasteiger charge is 2.13. The minimum atomic E-state index is -3.52. The molecule has 0 bridgehead atoms. The summed E-state index contributed by atoms with van der Waals surface area (Å²) in [5, 5.41) is 0. The molecule has 1 heterocycles. The molecule has 0 saturated carbocycles. The summed E-state index contributed by atoms with van der Waals surface area (Å²) in [5.74, 6) is 0. The lowest BCUT2D eigenvalue weighted by Crippen LogP contribution is -2.26. The van der Waals surface area contributed by atoms with Crippen LogP contribution in [0.2, 0.25) is 0 Å². The first-order chi connectivity index (χ1) is 9.99. The fraction of sp³-hybridized carbons (Fsp3) is 0.143. The van der Waals surface area contributed by atoms with Crippen LogP contribution in [-0.2, 0) is 16.4 Å².